The van der Waals surface area contributed by atoms with Crippen LogP contribution in [0, 0.1) is 11.8 Å². The van der Waals surface area contributed by atoms with Gasteiger partial charge in [-0.05, 0) is 43.9 Å². The van der Waals surface area contributed by atoms with Gasteiger partial charge in [-0.25, -0.2) is 0 Å². The Labute approximate surface area is 120 Å². The van der Waals surface area contributed by atoms with E-state index in [1.54, 1.807) is 4.90 Å². The van der Waals surface area contributed by atoms with Crippen molar-refractivity contribution in [1.82, 2.24) is 4.90 Å². The highest BCUT2D eigenvalue weighted by Crippen LogP contribution is 2.52. The summed E-state index contributed by atoms with van der Waals surface area (Å²) < 4.78 is 0. The predicted octanol–water partition coefficient (Wildman–Crippen LogP) is 3.19. The van der Waals surface area contributed by atoms with E-state index in [9.17, 15) is 9.59 Å². The molecule has 0 spiro atoms. The molecular weight excluding hydrogens is 250 g/mol. The third-order valence-electron chi connectivity index (χ3n) is 5.88. The number of fused-ring (bicyclic) bond motifs is 4. The quantitative estimate of drug-likeness (QED) is 0.688. The van der Waals surface area contributed by atoms with Gasteiger partial charge in [0, 0.05) is 17.2 Å². The van der Waals surface area contributed by atoms with Crippen LogP contribution in [-0.4, -0.2) is 22.8 Å². The minimum atomic E-state index is 0.0859. The lowest BCUT2D eigenvalue weighted by Gasteiger charge is -2.29. The van der Waals surface area contributed by atoms with Gasteiger partial charge in [0.25, 0.3) is 11.8 Å². The molecule has 3 aliphatic carbocycles. The molecule has 2 atom stereocenters. The minimum absolute atomic E-state index is 0.0859. The summed E-state index contributed by atoms with van der Waals surface area (Å²) in [5.41, 5.74) is 1.85. The fraction of sp³-hybridized carbons (Fsp3) is 0.765. The molecule has 0 N–H and O–H groups in total. The van der Waals surface area contributed by atoms with Crippen molar-refractivity contribution in [2.24, 2.45) is 11.8 Å². The summed E-state index contributed by atoms with van der Waals surface area (Å²) in [6, 6.07) is 0.181. The highest BCUT2D eigenvalue weighted by molar-refractivity contribution is 6.20. The van der Waals surface area contributed by atoms with Gasteiger partial charge in [0.05, 0.1) is 0 Å². The first-order valence-corrected chi connectivity index (χ1v) is 8.39. The molecule has 2 amide bonds. The molecular formula is C17H23NO2. The van der Waals surface area contributed by atoms with E-state index in [-0.39, 0.29) is 17.9 Å². The number of hydrogen-bond acceptors (Lipinski definition) is 2. The van der Waals surface area contributed by atoms with Gasteiger partial charge in [-0.2, -0.15) is 0 Å². The van der Waals surface area contributed by atoms with Crippen LogP contribution in [0.25, 0.3) is 0 Å². The van der Waals surface area contributed by atoms with E-state index < -0.39 is 0 Å². The van der Waals surface area contributed by atoms with Crippen LogP contribution in [0.5, 0.6) is 0 Å². The van der Waals surface area contributed by atoms with Gasteiger partial charge in [-0.3, -0.25) is 14.5 Å². The number of amides is 2. The van der Waals surface area contributed by atoms with Gasteiger partial charge in [0.15, 0.2) is 0 Å². The van der Waals surface area contributed by atoms with Crippen LogP contribution in [-0.2, 0) is 9.59 Å². The lowest BCUT2D eigenvalue weighted by Crippen LogP contribution is -2.42. The van der Waals surface area contributed by atoms with Crippen molar-refractivity contribution in [3.8, 4) is 0 Å². The maximum absolute atomic E-state index is 12.7. The monoisotopic (exact) mass is 273 g/mol. The summed E-state index contributed by atoms with van der Waals surface area (Å²) in [5, 5.41) is 0. The van der Waals surface area contributed by atoms with Crippen LogP contribution in [0.1, 0.15) is 64.2 Å². The number of imide groups is 1. The summed E-state index contributed by atoms with van der Waals surface area (Å²) in [4.78, 5) is 27.1. The predicted molar refractivity (Wildman–Crippen MR) is 75.8 cm³/mol. The normalized spacial score (nSPS) is 34.7. The zero-order chi connectivity index (χ0) is 13.7. The lowest BCUT2D eigenvalue weighted by molar-refractivity contribution is -0.141. The van der Waals surface area contributed by atoms with Gasteiger partial charge in [-0.1, -0.05) is 32.1 Å². The lowest BCUT2D eigenvalue weighted by atomic mass is 9.93. The fourth-order valence-electron chi connectivity index (χ4n) is 4.90. The van der Waals surface area contributed by atoms with Crippen LogP contribution < -0.4 is 0 Å². The van der Waals surface area contributed by atoms with Crippen LogP contribution in [0.2, 0.25) is 0 Å². The Hall–Kier alpha value is -1.12. The minimum Gasteiger partial charge on any atom is -0.272 e. The van der Waals surface area contributed by atoms with E-state index in [1.807, 2.05) is 0 Å². The van der Waals surface area contributed by atoms with Crippen LogP contribution in [0.4, 0.5) is 0 Å². The molecule has 108 valence electrons. The SMILES string of the molecule is O=C1C2=C(C(=O)N1C1CCCCCCC1)C1CCC2C1. The Bertz CT molecular complexity index is 453. The fourth-order valence-corrected chi connectivity index (χ4v) is 4.90. The molecule has 4 rings (SSSR count). The largest absolute Gasteiger partial charge is 0.272 e. The van der Waals surface area contributed by atoms with Crippen molar-refractivity contribution in [3.63, 3.8) is 0 Å². The maximum atomic E-state index is 12.7. The van der Waals surface area contributed by atoms with Crippen LogP contribution >= 0.6 is 0 Å². The molecule has 20 heavy (non-hydrogen) atoms. The summed E-state index contributed by atoms with van der Waals surface area (Å²) in [7, 11) is 0. The number of carbonyl (C=O) groups is 2. The Balaban J connectivity index is 1.58. The van der Waals surface area contributed by atoms with E-state index in [1.165, 1.54) is 32.1 Å². The van der Waals surface area contributed by atoms with Crippen molar-refractivity contribution in [2.75, 3.05) is 0 Å². The average molecular weight is 273 g/mol. The van der Waals surface area contributed by atoms with Gasteiger partial charge >= 0.3 is 0 Å². The molecule has 0 aromatic heterocycles. The van der Waals surface area contributed by atoms with Gasteiger partial charge in [-0.15, -0.1) is 0 Å². The Kier molecular flexibility index (Phi) is 2.97. The molecule has 0 saturated heterocycles. The third kappa shape index (κ3) is 1.71. The van der Waals surface area contributed by atoms with E-state index >= 15 is 0 Å². The number of nitrogens with zero attached hydrogens (tertiary/aromatic N) is 1. The summed E-state index contributed by atoms with van der Waals surface area (Å²) in [6.07, 6.45) is 11.5. The Morgan fingerprint density at radius 3 is 1.75 bits per heavy atom. The Morgan fingerprint density at radius 2 is 1.20 bits per heavy atom. The molecule has 1 heterocycles. The first kappa shape index (κ1) is 12.6. The molecule has 2 fully saturated rings. The van der Waals surface area contributed by atoms with Crippen molar-refractivity contribution < 1.29 is 9.59 Å². The van der Waals surface area contributed by atoms with E-state index in [0.717, 1.165) is 43.3 Å². The first-order chi connectivity index (χ1) is 9.77. The zero-order valence-electron chi connectivity index (χ0n) is 12.1. The number of rotatable bonds is 1. The summed E-state index contributed by atoms with van der Waals surface area (Å²) in [6.45, 7) is 0. The average Bonchev–Trinajstić information content (AvgIpc) is 3.06. The second kappa shape index (κ2) is 4.71. The van der Waals surface area contributed by atoms with E-state index in [0.29, 0.717) is 11.8 Å². The highest BCUT2D eigenvalue weighted by Gasteiger charge is 2.53. The topological polar surface area (TPSA) is 37.4 Å². The Morgan fingerprint density at radius 1 is 0.700 bits per heavy atom. The third-order valence-corrected chi connectivity index (χ3v) is 5.88. The van der Waals surface area contributed by atoms with Gasteiger partial charge in [0.2, 0.25) is 0 Å². The van der Waals surface area contributed by atoms with Crippen molar-refractivity contribution in [3.05, 3.63) is 11.1 Å². The van der Waals surface area contributed by atoms with Gasteiger partial charge in [0.1, 0.15) is 0 Å². The standard InChI is InChI=1S/C17H23NO2/c19-16-14-11-8-9-12(10-11)15(14)17(20)18(16)13-6-4-2-1-3-5-7-13/h11-13H,1-10H2. The molecule has 2 bridgehead atoms. The van der Waals surface area contributed by atoms with Crippen LogP contribution in [0.3, 0.4) is 0 Å². The molecule has 0 radical (unpaired) electrons. The highest BCUT2D eigenvalue weighted by atomic mass is 16.2. The molecule has 2 unspecified atom stereocenters. The molecule has 2 saturated carbocycles. The van der Waals surface area contributed by atoms with Crippen molar-refractivity contribution >= 4 is 11.8 Å². The molecule has 1 aliphatic heterocycles. The molecule has 3 nitrogen and oxygen atoms in total. The first-order valence-electron chi connectivity index (χ1n) is 8.39. The second-order valence-electron chi connectivity index (χ2n) is 7.01. The summed E-state index contributed by atoms with van der Waals surface area (Å²) in [5.74, 6) is 0.987. The number of likely N-dealkylation sites (tertiary alicyclic amines) is 1. The summed E-state index contributed by atoms with van der Waals surface area (Å²) >= 11 is 0. The molecule has 0 aromatic rings. The maximum Gasteiger partial charge on any atom is 0.257 e. The number of hydrogen-bond donors (Lipinski definition) is 0. The van der Waals surface area contributed by atoms with Crippen molar-refractivity contribution in [2.45, 2.75) is 70.3 Å². The molecule has 3 heteroatoms. The smallest absolute Gasteiger partial charge is 0.257 e. The van der Waals surface area contributed by atoms with E-state index in [4.69, 9.17) is 0 Å². The van der Waals surface area contributed by atoms with E-state index in [2.05, 4.69) is 0 Å². The second-order valence-corrected chi connectivity index (χ2v) is 7.01. The number of carbonyl (C=O) groups excluding carboxylic acids is 2. The van der Waals surface area contributed by atoms with Crippen molar-refractivity contribution in [1.29, 1.82) is 0 Å². The zero-order valence-corrected chi connectivity index (χ0v) is 12.1. The van der Waals surface area contributed by atoms with Crippen LogP contribution in [0.15, 0.2) is 11.1 Å². The van der Waals surface area contributed by atoms with Gasteiger partial charge < -0.3 is 0 Å². The molecule has 4 aliphatic rings. The molecule has 0 aromatic carbocycles.